The maximum atomic E-state index is 12.6. The molecule has 0 unspecified atom stereocenters. The highest BCUT2D eigenvalue weighted by Crippen LogP contribution is 2.20. The molecular formula is C22H24N6OS. The zero-order valence-corrected chi connectivity index (χ0v) is 18.0. The second-order valence-corrected chi connectivity index (χ2v) is 8.14. The van der Waals surface area contributed by atoms with E-state index < -0.39 is 0 Å². The Hall–Kier alpha value is -3.00. The number of aryl methyl sites for hydroxylation is 2. The van der Waals surface area contributed by atoms with Crippen LogP contribution in [-0.4, -0.2) is 62.7 Å². The number of piperazine rings is 1. The normalized spacial score (nSPS) is 14.1. The first-order valence-corrected chi connectivity index (χ1v) is 10.9. The molecule has 1 aliphatic rings. The van der Waals surface area contributed by atoms with Crippen molar-refractivity contribution in [3.63, 3.8) is 0 Å². The molecule has 0 aliphatic carbocycles. The molecule has 3 aromatic rings. The van der Waals surface area contributed by atoms with Gasteiger partial charge in [-0.2, -0.15) is 0 Å². The number of hydrogen-bond acceptors (Lipinski definition) is 7. The van der Waals surface area contributed by atoms with Crippen molar-refractivity contribution in [3.8, 4) is 11.4 Å². The van der Waals surface area contributed by atoms with E-state index in [1.165, 1.54) is 11.8 Å². The van der Waals surface area contributed by atoms with Gasteiger partial charge in [0.15, 0.2) is 11.0 Å². The average molecular weight is 421 g/mol. The Morgan fingerprint density at radius 3 is 2.37 bits per heavy atom. The third-order valence-electron chi connectivity index (χ3n) is 4.92. The molecule has 0 bridgehead atoms. The maximum Gasteiger partial charge on any atom is 0.233 e. The van der Waals surface area contributed by atoms with E-state index in [-0.39, 0.29) is 5.91 Å². The average Bonchev–Trinajstić information content (AvgIpc) is 2.78. The van der Waals surface area contributed by atoms with Crippen molar-refractivity contribution >= 4 is 23.5 Å². The van der Waals surface area contributed by atoms with Crippen LogP contribution >= 0.6 is 11.8 Å². The Labute approximate surface area is 180 Å². The van der Waals surface area contributed by atoms with Crippen LogP contribution in [0.3, 0.4) is 0 Å². The first-order chi connectivity index (χ1) is 14.6. The first kappa shape index (κ1) is 20.3. The first-order valence-electron chi connectivity index (χ1n) is 9.95. The van der Waals surface area contributed by atoms with E-state index in [0.29, 0.717) is 24.0 Å². The number of thioether (sulfide) groups is 1. The summed E-state index contributed by atoms with van der Waals surface area (Å²) in [6, 6.07) is 13.8. The summed E-state index contributed by atoms with van der Waals surface area (Å²) in [6.07, 6.45) is 1.79. The molecule has 7 nitrogen and oxygen atoms in total. The van der Waals surface area contributed by atoms with Gasteiger partial charge in [0.25, 0.3) is 0 Å². The summed E-state index contributed by atoms with van der Waals surface area (Å²) < 4.78 is 0. The number of benzene rings is 1. The zero-order valence-electron chi connectivity index (χ0n) is 17.2. The number of aromatic nitrogens is 4. The van der Waals surface area contributed by atoms with Crippen molar-refractivity contribution in [1.82, 2.24) is 24.8 Å². The maximum absolute atomic E-state index is 12.6. The lowest BCUT2D eigenvalue weighted by Crippen LogP contribution is -2.49. The third-order valence-corrected chi connectivity index (χ3v) is 5.75. The molecule has 0 saturated carbocycles. The van der Waals surface area contributed by atoms with E-state index >= 15 is 0 Å². The van der Waals surface area contributed by atoms with Gasteiger partial charge in [-0.25, -0.2) is 19.9 Å². The summed E-state index contributed by atoms with van der Waals surface area (Å²) in [4.78, 5) is 34.6. The highest BCUT2D eigenvalue weighted by molar-refractivity contribution is 7.99. The van der Waals surface area contributed by atoms with Crippen molar-refractivity contribution in [2.75, 3.05) is 36.8 Å². The van der Waals surface area contributed by atoms with E-state index in [1.807, 2.05) is 61.2 Å². The minimum absolute atomic E-state index is 0.120. The largest absolute Gasteiger partial charge is 0.353 e. The van der Waals surface area contributed by atoms with Gasteiger partial charge in [-0.15, -0.1) is 0 Å². The van der Waals surface area contributed by atoms with E-state index in [4.69, 9.17) is 4.98 Å². The Balaban J connectivity index is 1.33. The van der Waals surface area contributed by atoms with Gasteiger partial charge in [-0.05, 0) is 26.0 Å². The van der Waals surface area contributed by atoms with Crippen LogP contribution in [0.15, 0.2) is 53.8 Å². The number of rotatable bonds is 5. The SMILES string of the molecule is Cc1cc(C)nc(SCC(=O)N2CCN(c3ccnc(-c4ccccc4)n3)CC2)n1. The Bertz CT molecular complexity index is 1000. The second-order valence-electron chi connectivity index (χ2n) is 7.19. The van der Waals surface area contributed by atoms with Crippen LogP contribution in [0.5, 0.6) is 0 Å². The zero-order chi connectivity index (χ0) is 20.9. The summed E-state index contributed by atoms with van der Waals surface area (Å²) in [6.45, 7) is 6.74. The predicted octanol–water partition coefficient (Wildman–Crippen LogP) is 2.99. The van der Waals surface area contributed by atoms with Crippen molar-refractivity contribution in [1.29, 1.82) is 0 Å². The van der Waals surface area contributed by atoms with Gasteiger partial charge in [0.1, 0.15) is 5.82 Å². The van der Waals surface area contributed by atoms with Crippen molar-refractivity contribution in [2.24, 2.45) is 0 Å². The molecule has 0 atom stereocenters. The van der Waals surface area contributed by atoms with Crippen molar-refractivity contribution in [2.45, 2.75) is 19.0 Å². The quantitative estimate of drug-likeness (QED) is 0.464. The van der Waals surface area contributed by atoms with Crippen LogP contribution in [0.4, 0.5) is 5.82 Å². The summed E-state index contributed by atoms with van der Waals surface area (Å²) in [5.41, 5.74) is 2.84. The predicted molar refractivity (Wildman–Crippen MR) is 118 cm³/mol. The lowest BCUT2D eigenvalue weighted by Gasteiger charge is -2.35. The van der Waals surface area contributed by atoms with Crippen LogP contribution in [0.25, 0.3) is 11.4 Å². The minimum Gasteiger partial charge on any atom is -0.353 e. The number of hydrogen-bond donors (Lipinski definition) is 0. The number of carbonyl (C=O) groups excluding carboxylic acids is 1. The summed E-state index contributed by atoms with van der Waals surface area (Å²) >= 11 is 1.40. The van der Waals surface area contributed by atoms with Crippen molar-refractivity contribution in [3.05, 3.63) is 60.0 Å². The molecule has 8 heteroatoms. The van der Waals surface area contributed by atoms with E-state index in [2.05, 4.69) is 19.9 Å². The fourth-order valence-corrected chi connectivity index (χ4v) is 4.26. The Kier molecular flexibility index (Phi) is 6.23. The molecule has 1 saturated heterocycles. The fraction of sp³-hybridized carbons (Fsp3) is 0.318. The topological polar surface area (TPSA) is 75.1 Å². The molecule has 4 rings (SSSR count). The van der Waals surface area contributed by atoms with Crippen LogP contribution < -0.4 is 4.90 Å². The standard InChI is InChI=1S/C22H24N6OS/c1-16-14-17(2)25-22(24-16)30-15-20(29)28-12-10-27(11-13-28)19-8-9-23-21(26-19)18-6-4-3-5-7-18/h3-9,14H,10-13,15H2,1-2H3. The fourth-order valence-electron chi connectivity index (χ4n) is 3.41. The number of amides is 1. The molecule has 3 heterocycles. The van der Waals surface area contributed by atoms with Crippen LogP contribution in [-0.2, 0) is 4.79 Å². The smallest absolute Gasteiger partial charge is 0.233 e. The van der Waals surface area contributed by atoms with E-state index in [9.17, 15) is 4.79 Å². The second kappa shape index (κ2) is 9.21. The minimum atomic E-state index is 0.120. The number of anilines is 1. The van der Waals surface area contributed by atoms with Gasteiger partial charge in [0.05, 0.1) is 5.75 Å². The molecule has 1 amide bonds. The van der Waals surface area contributed by atoms with Gasteiger partial charge in [-0.3, -0.25) is 4.79 Å². The number of carbonyl (C=O) groups is 1. The van der Waals surface area contributed by atoms with Gasteiger partial charge in [0.2, 0.25) is 5.91 Å². The molecular weight excluding hydrogens is 396 g/mol. The highest BCUT2D eigenvalue weighted by atomic mass is 32.2. The Morgan fingerprint density at radius 1 is 0.967 bits per heavy atom. The van der Waals surface area contributed by atoms with Crippen LogP contribution in [0.2, 0.25) is 0 Å². The summed E-state index contributed by atoms with van der Waals surface area (Å²) in [7, 11) is 0. The highest BCUT2D eigenvalue weighted by Gasteiger charge is 2.22. The van der Waals surface area contributed by atoms with Crippen LogP contribution in [0.1, 0.15) is 11.4 Å². The number of nitrogens with zero attached hydrogens (tertiary/aromatic N) is 6. The molecule has 1 fully saturated rings. The molecule has 0 spiro atoms. The van der Waals surface area contributed by atoms with Gasteiger partial charge in [-0.1, -0.05) is 42.1 Å². The Morgan fingerprint density at radius 2 is 1.67 bits per heavy atom. The summed E-state index contributed by atoms with van der Waals surface area (Å²) in [5, 5.41) is 0.661. The summed E-state index contributed by atoms with van der Waals surface area (Å²) in [5.74, 6) is 2.09. The van der Waals surface area contributed by atoms with E-state index in [1.54, 1.807) is 6.20 Å². The van der Waals surface area contributed by atoms with Gasteiger partial charge >= 0.3 is 0 Å². The molecule has 0 radical (unpaired) electrons. The van der Waals surface area contributed by atoms with Gasteiger partial charge in [0, 0.05) is 49.3 Å². The molecule has 1 aliphatic heterocycles. The van der Waals surface area contributed by atoms with E-state index in [0.717, 1.165) is 41.7 Å². The molecule has 154 valence electrons. The molecule has 0 N–H and O–H groups in total. The lowest BCUT2D eigenvalue weighted by molar-refractivity contribution is -0.128. The molecule has 30 heavy (non-hydrogen) atoms. The molecule has 1 aromatic carbocycles. The monoisotopic (exact) mass is 420 g/mol. The van der Waals surface area contributed by atoms with Crippen LogP contribution in [0, 0.1) is 13.8 Å². The molecule has 2 aromatic heterocycles. The third kappa shape index (κ3) is 4.94. The van der Waals surface area contributed by atoms with Crippen molar-refractivity contribution < 1.29 is 4.79 Å². The lowest BCUT2D eigenvalue weighted by atomic mass is 10.2. The van der Waals surface area contributed by atoms with Gasteiger partial charge < -0.3 is 9.80 Å².